The molecule has 4 rings (SSSR count). The molecule has 39 heavy (non-hydrogen) atoms. The first-order chi connectivity index (χ1) is 18.7. The molecule has 1 N–H and O–H groups in total. The molecule has 1 aliphatic heterocycles. The molecule has 0 aromatic heterocycles. The molecule has 1 atom stereocenters. The number of benzene rings is 2. The maximum absolute atomic E-state index is 13.9. The van der Waals surface area contributed by atoms with Crippen LogP contribution in [0.15, 0.2) is 42.5 Å². The Kier molecular flexibility index (Phi) is 9.32. The van der Waals surface area contributed by atoms with E-state index in [0.29, 0.717) is 36.7 Å². The van der Waals surface area contributed by atoms with Crippen molar-refractivity contribution in [3.8, 4) is 11.5 Å². The number of nitrogens with one attached hydrogen (secondary N) is 1. The van der Waals surface area contributed by atoms with E-state index in [9.17, 15) is 22.4 Å². The van der Waals surface area contributed by atoms with Crippen LogP contribution >= 0.6 is 0 Å². The summed E-state index contributed by atoms with van der Waals surface area (Å²) in [5, 5.41) is 3.07. The van der Waals surface area contributed by atoms with Crippen molar-refractivity contribution in [2.24, 2.45) is 0 Å². The van der Waals surface area contributed by atoms with Crippen LogP contribution in [0.5, 0.6) is 11.5 Å². The zero-order valence-corrected chi connectivity index (χ0v) is 23.2. The van der Waals surface area contributed by atoms with Crippen LogP contribution in [0.1, 0.15) is 51.5 Å². The number of ether oxygens (including phenoxy) is 2. The van der Waals surface area contributed by atoms with Gasteiger partial charge in [0.15, 0.2) is 11.5 Å². The molecule has 1 fully saturated rings. The molecule has 9 nitrogen and oxygen atoms in total. The highest BCUT2D eigenvalue weighted by Gasteiger charge is 2.34. The zero-order valence-electron chi connectivity index (χ0n) is 22.4. The number of amides is 2. The Balaban J connectivity index is 1.64. The molecule has 212 valence electrons. The van der Waals surface area contributed by atoms with Gasteiger partial charge in [0.05, 0.1) is 11.4 Å². The fraction of sp³-hybridized carbons (Fsp3) is 0.500. The second kappa shape index (κ2) is 12.7. The molecule has 0 spiro atoms. The van der Waals surface area contributed by atoms with Gasteiger partial charge in [-0.05, 0) is 56.0 Å². The van der Waals surface area contributed by atoms with Crippen LogP contribution in [0, 0.1) is 5.82 Å². The standard InChI is InChI=1S/C28H36FN3O6S/c1-3-24(28(34)30-22-7-5-6-8-22)31(18-20-9-11-21(29)12-10-20)27(33)19-32(39(35,36)4-2)23-13-14-25-26(17-23)38-16-15-37-25/h9-14,17,22,24H,3-8,15-16,18-19H2,1-2H3,(H,30,34)/t24-/m1/s1. The van der Waals surface area contributed by atoms with E-state index in [4.69, 9.17) is 9.47 Å². The van der Waals surface area contributed by atoms with Gasteiger partial charge >= 0.3 is 0 Å². The lowest BCUT2D eigenvalue weighted by Gasteiger charge is -2.34. The van der Waals surface area contributed by atoms with Gasteiger partial charge in [0.2, 0.25) is 21.8 Å². The molecule has 11 heteroatoms. The van der Waals surface area contributed by atoms with Gasteiger partial charge in [0.1, 0.15) is 31.6 Å². The quantitative estimate of drug-likeness (QED) is 0.449. The predicted octanol–water partition coefficient (Wildman–Crippen LogP) is 3.62. The highest BCUT2D eigenvalue weighted by atomic mass is 32.2. The van der Waals surface area contributed by atoms with Crippen molar-refractivity contribution in [3.63, 3.8) is 0 Å². The Morgan fingerprint density at radius 1 is 1.03 bits per heavy atom. The largest absolute Gasteiger partial charge is 0.486 e. The van der Waals surface area contributed by atoms with E-state index >= 15 is 0 Å². The van der Waals surface area contributed by atoms with Crippen molar-refractivity contribution in [2.45, 2.75) is 64.6 Å². The van der Waals surface area contributed by atoms with Crippen molar-refractivity contribution in [1.82, 2.24) is 10.2 Å². The van der Waals surface area contributed by atoms with Crippen molar-refractivity contribution in [2.75, 3.05) is 29.8 Å². The van der Waals surface area contributed by atoms with E-state index in [0.717, 1.165) is 30.0 Å². The molecular weight excluding hydrogens is 525 g/mol. The monoisotopic (exact) mass is 561 g/mol. The maximum Gasteiger partial charge on any atom is 0.244 e. The molecule has 1 aliphatic carbocycles. The van der Waals surface area contributed by atoms with Crippen LogP contribution in [0.2, 0.25) is 0 Å². The molecule has 2 aromatic carbocycles. The third kappa shape index (κ3) is 7.00. The molecular formula is C28H36FN3O6S. The number of hydrogen-bond donors (Lipinski definition) is 1. The van der Waals surface area contributed by atoms with Gasteiger partial charge in [-0.25, -0.2) is 12.8 Å². The number of sulfonamides is 1. The maximum atomic E-state index is 13.9. The van der Waals surface area contributed by atoms with Crippen molar-refractivity contribution in [3.05, 3.63) is 53.8 Å². The van der Waals surface area contributed by atoms with Crippen molar-refractivity contribution in [1.29, 1.82) is 0 Å². The number of carbonyl (C=O) groups excluding carboxylic acids is 2. The van der Waals surface area contributed by atoms with Crippen LogP contribution in [0.4, 0.5) is 10.1 Å². The number of anilines is 1. The van der Waals surface area contributed by atoms with Gasteiger partial charge in [-0.15, -0.1) is 0 Å². The number of fused-ring (bicyclic) bond motifs is 1. The van der Waals surface area contributed by atoms with Crippen LogP contribution in [0.3, 0.4) is 0 Å². The Bertz CT molecular complexity index is 1260. The van der Waals surface area contributed by atoms with E-state index in [-0.39, 0.29) is 29.9 Å². The smallest absolute Gasteiger partial charge is 0.244 e. The Morgan fingerprint density at radius 2 is 1.69 bits per heavy atom. The second-order valence-electron chi connectivity index (χ2n) is 9.80. The van der Waals surface area contributed by atoms with Gasteiger partial charge < -0.3 is 19.7 Å². The average molecular weight is 562 g/mol. The molecule has 1 saturated carbocycles. The normalized spacial score (nSPS) is 16.0. The fourth-order valence-corrected chi connectivity index (χ4v) is 6.03. The minimum atomic E-state index is -3.88. The van der Waals surface area contributed by atoms with E-state index in [1.165, 1.54) is 24.0 Å². The van der Waals surface area contributed by atoms with Crippen LogP contribution in [-0.4, -0.2) is 62.7 Å². The number of rotatable bonds is 11. The summed E-state index contributed by atoms with van der Waals surface area (Å²) in [6.07, 6.45) is 4.19. The first-order valence-electron chi connectivity index (χ1n) is 13.5. The molecule has 2 aromatic rings. The van der Waals surface area contributed by atoms with Gasteiger partial charge in [0, 0.05) is 18.7 Å². The van der Waals surface area contributed by atoms with E-state index in [1.807, 2.05) is 6.92 Å². The second-order valence-corrected chi connectivity index (χ2v) is 12.0. The molecule has 0 radical (unpaired) electrons. The fourth-order valence-electron chi connectivity index (χ4n) is 4.98. The van der Waals surface area contributed by atoms with Gasteiger partial charge in [0.25, 0.3) is 0 Å². The molecule has 0 saturated heterocycles. The summed E-state index contributed by atoms with van der Waals surface area (Å²) in [5.41, 5.74) is 0.890. The third-order valence-electron chi connectivity index (χ3n) is 7.15. The minimum absolute atomic E-state index is 0.0247. The number of carbonyl (C=O) groups is 2. The van der Waals surface area contributed by atoms with E-state index in [2.05, 4.69) is 5.32 Å². The van der Waals surface area contributed by atoms with Crippen molar-refractivity contribution < 1.29 is 31.9 Å². The van der Waals surface area contributed by atoms with Crippen LogP contribution in [-0.2, 0) is 26.2 Å². The number of halogens is 1. The van der Waals surface area contributed by atoms with Crippen LogP contribution in [0.25, 0.3) is 0 Å². The van der Waals surface area contributed by atoms with E-state index in [1.54, 1.807) is 30.3 Å². The summed E-state index contributed by atoms with van der Waals surface area (Å²) in [6, 6.07) is 9.66. The first-order valence-corrected chi connectivity index (χ1v) is 15.1. The summed E-state index contributed by atoms with van der Waals surface area (Å²) >= 11 is 0. The lowest BCUT2D eigenvalue weighted by Crippen LogP contribution is -2.53. The van der Waals surface area contributed by atoms with Crippen molar-refractivity contribution >= 4 is 27.5 Å². The summed E-state index contributed by atoms with van der Waals surface area (Å²) in [4.78, 5) is 28.7. The van der Waals surface area contributed by atoms with Gasteiger partial charge in [-0.1, -0.05) is 31.9 Å². The van der Waals surface area contributed by atoms with E-state index < -0.39 is 34.3 Å². The molecule has 2 amide bonds. The van der Waals surface area contributed by atoms with Gasteiger partial charge in [-0.2, -0.15) is 0 Å². The third-order valence-corrected chi connectivity index (χ3v) is 8.89. The lowest BCUT2D eigenvalue weighted by atomic mass is 10.1. The molecule has 0 bridgehead atoms. The molecule has 0 unspecified atom stereocenters. The van der Waals surface area contributed by atoms with Gasteiger partial charge in [-0.3, -0.25) is 13.9 Å². The Morgan fingerprint density at radius 3 is 2.33 bits per heavy atom. The Labute approximate surface area is 229 Å². The average Bonchev–Trinajstić information content (AvgIpc) is 3.45. The summed E-state index contributed by atoms with van der Waals surface area (Å²) in [6.45, 7) is 3.55. The SMILES string of the molecule is CC[C@H](C(=O)NC1CCCC1)N(Cc1ccc(F)cc1)C(=O)CN(c1ccc2c(c1)OCCO2)S(=O)(=O)CC. The highest BCUT2D eigenvalue weighted by Crippen LogP contribution is 2.35. The predicted molar refractivity (Wildman–Crippen MR) is 146 cm³/mol. The summed E-state index contributed by atoms with van der Waals surface area (Å²) < 4.78 is 52.2. The lowest BCUT2D eigenvalue weighted by molar-refractivity contribution is -0.140. The molecule has 1 heterocycles. The minimum Gasteiger partial charge on any atom is -0.486 e. The summed E-state index contributed by atoms with van der Waals surface area (Å²) in [5.74, 6) is -0.567. The first kappa shape index (κ1) is 28.7. The number of hydrogen-bond acceptors (Lipinski definition) is 6. The number of nitrogens with zero attached hydrogens (tertiary/aromatic N) is 2. The Hall–Kier alpha value is -3.34. The van der Waals surface area contributed by atoms with Crippen LogP contribution < -0.4 is 19.1 Å². The zero-order chi connectivity index (χ0) is 28.0. The summed E-state index contributed by atoms with van der Waals surface area (Å²) in [7, 11) is -3.88. The highest BCUT2D eigenvalue weighted by molar-refractivity contribution is 7.92. The topological polar surface area (TPSA) is 105 Å². The molecule has 2 aliphatic rings.